The van der Waals surface area contributed by atoms with Crippen LogP contribution in [0.3, 0.4) is 0 Å². The average molecular weight is 321 g/mol. The predicted molar refractivity (Wildman–Crippen MR) is 89.4 cm³/mol. The van der Waals surface area contributed by atoms with Crippen LogP contribution >= 0.6 is 23.2 Å². The van der Waals surface area contributed by atoms with Gasteiger partial charge in [-0.1, -0.05) is 54.4 Å². The van der Waals surface area contributed by atoms with Crippen LogP contribution < -0.4 is 0 Å². The Bertz CT molecular complexity index is 649. The lowest BCUT2D eigenvalue weighted by Gasteiger charge is -2.21. The second-order valence-corrected chi connectivity index (χ2v) is 6.05. The van der Waals surface area contributed by atoms with Gasteiger partial charge in [-0.3, -0.25) is 4.79 Å². The second-order valence-electron chi connectivity index (χ2n) is 5.20. The van der Waals surface area contributed by atoms with Crippen molar-refractivity contribution in [3.8, 4) is 0 Å². The molecule has 0 spiro atoms. The first-order chi connectivity index (χ1) is 10.0. The van der Waals surface area contributed by atoms with Crippen molar-refractivity contribution in [2.45, 2.75) is 32.6 Å². The van der Waals surface area contributed by atoms with Crippen LogP contribution in [0, 0.1) is 0 Å². The van der Waals surface area contributed by atoms with Gasteiger partial charge in [0.2, 0.25) is 0 Å². The maximum atomic E-state index is 11.5. The molecule has 0 bridgehead atoms. The van der Waals surface area contributed by atoms with Crippen molar-refractivity contribution in [1.82, 2.24) is 0 Å². The lowest BCUT2D eigenvalue weighted by Crippen LogP contribution is -2.07. The predicted octanol–water partition coefficient (Wildman–Crippen LogP) is 5.67. The van der Waals surface area contributed by atoms with E-state index in [4.69, 9.17) is 23.2 Å². The highest BCUT2D eigenvalue weighted by molar-refractivity contribution is 6.31. The Balaban J connectivity index is 2.54. The van der Waals surface area contributed by atoms with Gasteiger partial charge in [-0.05, 0) is 48.2 Å². The van der Waals surface area contributed by atoms with Crippen LogP contribution in [0.5, 0.6) is 0 Å². The number of carbonyl (C=O) groups is 1. The highest BCUT2D eigenvalue weighted by Gasteiger charge is 2.19. The summed E-state index contributed by atoms with van der Waals surface area (Å²) in [5, 5.41) is 1.43. The van der Waals surface area contributed by atoms with Gasteiger partial charge in [0, 0.05) is 22.4 Å². The van der Waals surface area contributed by atoms with Crippen molar-refractivity contribution in [2.75, 3.05) is 0 Å². The molecule has 0 fully saturated rings. The van der Waals surface area contributed by atoms with Crippen molar-refractivity contribution in [3.63, 3.8) is 0 Å². The topological polar surface area (TPSA) is 17.1 Å². The molecule has 0 saturated heterocycles. The van der Waals surface area contributed by atoms with Gasteiger partial charge in [-0.2, -0.15) is 0 Å². The van der Waals surface area contributed by atoms with Gasteiger partial charge in [-0.15, -0.1) is 0 Å². The molecule has 0 amide bonds. The van der Waals surface area contributed by atoms with Crippen LogP contribution in [-0.2, 0) is 11.2 Å². The zero-order valence-corrected chi connectivity index (χ0v) is 13.7. The number of hydrogen-bond acceptors (Lipinski definition) is 1. The first-order valence-electron chi connectivity index (χ1n) is 7.05. The minimum absolute atomic E-state index is 0.145. The smallest absolute Gasteiger partial charge is 0.134 e. The van der Waals surface area contributed by atoms with Crippen LogP contribution in [0.1, 0.15) is 42.9 Å². The molecule has 0 heterocycles. The summed E-state index contributed by atoms with van der Waals surface area (Å²) in [5.74, 6) is 0.291. The molecule has 0 saturated carbocycles. The van der Waals surface area contributed by atoms with Crippen molar-refractivity contribution in [2.24, 2.45) is 0 Å². The molecule has 3 heteroatoms. The van der Waals surface area contributed by atoms with Crippen LogP contribution in [0.2, 0.25) is 10.0 Å². The summed E-state index contributed by atoms with van der Waals surface area (Å²) < 4.78 is 0. The zero-order chi connectivity index (χ0) is 15.4. The quantitative estimate of drug-likeness (QED) is 0.694. The van der Waals surface area contributed by atoms with E-state index in [1.165, 1.54) is 0 Å². The number of rotatable bonds is 5. The molecule has 110 valence electrons. The molecular formula is C18H18Cl2O. The largest absolute Gasteiger partial charge is 0.300 e. The van der Waals surface area contributed by atoms with E-state index in [-0.39, 0.29) is 11.7 Å². The maximum absolute atomic E-state index is 11.5. The third-order valence-electron chi connectivity index (χ3n) is 3.61. The van der Waals surface area contributed by atoms with Gasteiger partial charge in [0.25, 0.3) is 0 Å². The average Bonchev–Trinajstić information content (AvgIpc) is 2.44. The maximum Gasteiger partial charge on any atom is 0.134 e. The fraction of sp³-hybridized carbons (Fsp3) is 0.278. The summed E-state index contributed by atoms with van der Waals surface area (Å²) in [7, 11) is 0. The molecule has 0 radical (unpaired) electrons. The van der Waals surface area contributed by atoms with Crippen molar-refractivity contribution in [3.05, 3.63) is 69.2 Å². The normalized spacial score (nSPS) is 12.2. The number of carbonyl (C=O) groups excluding carboxylic acids is 1. The Kier molecular flexibility index (Phi) is 5.44. The highest BCUT2D eigenvalue weighted by atomic mass is 35.5. The molecular weight excluding hydrogens is 303 g/mol. The van der Waals surface area contributed by atoms with Crippen LogP contribution in [-0.4, -0.2) is 5.78 Å². The fourth-order valence-electron chi connectivity index (χ4n) is 2.68. The number of Topliss-reactive ketones (excluding diaryl/α,β-unsaturated/α-hetero) is 1. The third-order valence-corrected chi connectivity index (χ3v) is 4.19. The summed E-state index contributed by atoms with van der Waals surface area (Å²) in [6.07, 6.45) is 1.32. The van der Waals surface area contributed by atoms with E-state index in [1.807, 2.05) is 42.5 Å². The summed E-state index contributed by atoms with van der Waals surface area (Å²) in [4.78, 5) is 11.5. The highest BCUT2D eigenvalue weighted by Crippen LogP contribution is 2.35. The Morgan fingerprint density at radius 3 is 2.43 bits per heavy atom. The fourth-order valence-corrected chi connectivity index (χ4v) is 3.13. The standard InChI is InChI=1S/C18H18Cl2O/c1-3-15(16-6-4-5-7-18(16)20)17-11-14(19)9-8-13(17)10-12(2)21/h4-9,11,15H,3,10H2,1-2H3. The van der Waals surface area contributed by atoms with Crippen LogP contribution in [0.15, 0.2) is 42.5 Å². The zero-order valence-electron chi connectivity index (χ0n) is 12.2. The number of ketones is 1. The van der Waals surface area contributed by atoms with Crippen LogP contribution in [0.25, 0.3) is 0 Å². The first-order valence-corrected chi connectivity index (χ1v) is 7.80. The lowest BCUT2D eigenvalue weighted by atomic mass is 9.85. The van der Waals surface area contributed by atoms with Gasteiger partial charge >= 0.3 is 0 Å². The van der Waals surface area contributed by atoms with Crippen molar-refractivity contribution < 1.29 is 4.79 Å². The Morgan fingerprint density at radius 2 is 1.81 bits per heavy atom. The minimum Gasteiger partial charge on any atom is -0.300 e. The Hall–Kier alpha value is -1.31. The van der Waals surface area contributed by atoms with E-state index < -0.39 is 0 Å². The monoisotopic (exact) mass is 320 g/mol. The molecule has 0 aliphatic rings. The molecule has 1 nitrogen and oxygen atoms in total. The summed E-state index contributed by atoms with van der Waals surface area (Å²) in [6, 6.07) is 13.6. The van der Waals surface area contributed by atoms with Gasteiger partial charge in [0.1, 0.15) is 5.78 Å². The molecule has 0 N–H and O–H groups in total. The number of halogens is 2. The molecule has 0 aliphatic heterocycles. The van der Waals surface area contributed by atoms with E-state index in [0.717, 1.165) is 28.1 Å². The van der Waals surface area contributed by atoms with E-state index >= 15 is 0 Å². The Labute approximate surface area is 135 Å². The molecule has 2 aromatic carbocycles. The van der Waals surface area contributed by atoms with E-state index in [2.05, 4.69) is 6.92 Å². The number of benzene rings is 2. The van der Waals surface area contributed by atoms with Crippen molar-refractivity contribution >= 4 is 29.0 Å². The summed E-state index contributed by atoms with van der Waals surface area (Å²) in [6.45, 7) is 3.72. The molecule has 0 aromatic heterocycles. The van der Waals surface area contributed by atoms with Gasteiger partial charge in [-0.25, -0.2) is 0 Å². The van der Waals surface area contributed by atoms with E-state index in [1.54, 1.807) is 6.92 Å². The van der Waals surface area contributed by atoms with E-state index in [9.17, 15) is 4.79 Å². The Morgan fingerprint density at radius 1 is 1.10 bits per heavy atom. The minimum atomic E-state index is 0.145. The van der Waals surface area contributed by atoms with Gasteiger partial charge in [0.05, 0.1) is 0 Å². The molecule has 1 unspecified atom stereocenters. The van der Waals surface area contributed by atoms with Crippen molar-refractivity contribution in [1.29, 1.82) is 0 Å². The van der Waals surface area contributed by atoms with Gasteiger partial charge < -0.3 is 0 Å². The van der Waals surface area contributed by atoms with Gasteiger partial charge in [0.15, 0.2) is 0 Å². The molecule has 2 aromatic rings. The second kappa shape index (κ2) is 7.11. The molecule has 21 heavy (non-hydrogen) atoms. The molecule has 1 atom stereocenters. The van der Waals surface area contributed by atoms with E-state index in [0.29, 0.717) is 11.4 Å². The summed E-state index contributed by atoms with van der Waals surface area (Å²) >= 11 is 12.5. The lowest BCUT2D eigenvalue weighted by molar-refractivity contribution is -0.116. The summed E-state index contributed by atoms with van der Waals surface area (Å²) in [5.41, 5.74) is 3.20. The SMILES string of the molecule is CCC(c1ccccc1Cl)c1cc(Cl)ccc1CC(C)=O. The van der Waals surface area contributed by atoms with Crippen LogP contribution in [0.4, 0.5) is 0 Å². The molecule has 0 aliphatic carbocycles. The number of hydrogen-bond donors (Lipinski definition) is 0. The third kappa shape index (κ3) is 3.87. The molecule has 2 rings (SSSR count). The first kappa shape index (κ1) is 16.1.